The number of hydrogen-bond acceptors (Lipinski definition) is 6. The molecule has 1 aromatic rings. The maximum absolute atomic E-state index is 6.09. The molecule has 0 saturated carbocycles. The fraction of sp³-hybridized carbons (Fsp3) is 0.667. The first kappa shape index (κ1) is 15.7. The fourth-order valence-electron chi connectivity index (χ4n) is 3.15. The molecule has 0 aliphatic carbocycles. The Kier molecular flexibility index (Phi) is 3.46. The zero-order chi connectivity index (χ0) is 16.4. The summed E-state index contributed by atoms with van der Waals surface area (Å²) in [5, 5.41) is 4.43. The highest BCUT2D eigenvalue weighted by Gasteiger charge is 2.58. The van der Waals surface area contributed by atoms with Gasteiger partial charge in [-0.1, -0.05) is 0 Å². The summed E-state index contributed by atoms with van der Waals surface area (Å²) in [5.41, 5.74) is 0. The molecule has 23 heavy (non-hydrogen) atoms. The highest BCUT2D eigenvalue weighted by atomic mass is 127. The lowest BCUT2D eigenvalue weighted by atomic mass is 10.1. The number of halogens is 1. The highest BCUT2D eigenvalue weighted by Crippen LogP contribution is 2.46. The van der Waals surface area contributed by atoms with Gasteiger partial charge in [-0.3, -0.25) is 4.68 Å². The van der Waals surface area contributed by atoms with Crippen LogP contribution in [0.4, 0.5) is 0 Å². The number of hydrogen-bond donors (Lipinski definition) is 0. The van der Waals surface area contributed by atoms with Gasteiger partial charge in [-0.25, -0.2) is 0 Å². The zero-order valence-corrected chi connectivity index (χ0v) is 15.5. The summed E-state index contributed by atoms with van der Waals surface area (Å²) >= 11 is 2.23. The minimum absolute atomic E-state index is 0.186. The maximum atomic E-state index is 6.09. The third-order valence-electron chi connectivity index (χ3n) is 3.99. The molecule has 4 rings (SSSR count). The molecule has 2 fully saturated rings. The van der Waals surface area contributed by atoms with E-state index < -0.39 is 17.9 Å². The van der Waals surface area contributed by atoms with Crippen molar-refractivity contribution in [2.75, 3.05) is 0 Å². The lowest BCUT2D eigenvalue weighted by molar-refractivity contribution is -0.212. The molecule has 8 heteroatoms. The first-order valence-electron chi connectivity index (χ1n) is 7.52. The molecule has 0 N–H and O–H groups in total. The second-order valence-corrected chi connectivity index (χ2v) is 8.04. The number of nitrogens with zero attached hydrogens (tertiary/aromatic N) is 2. The van der Waals surface area contributed by atoms with Crippen molar-refractivity contribution in [1.82, 2.24) is 9.78 Å². The topological polar surface area (TPSA) is 64.0 Å². The van der Waals surface area contributed by atoms with Crippen LogP contribution in [0.3, 0.4) is 0 Å². The molecular formula is C15H19IN2O5. The molecule has 0 amide bonds. The van der Waals surface area contributed by atoms with Gasteiger partial charge in [-0.2, -0.15) is 5.10 Å². The van der Waals surface area contributed by atoms with Gasteiger partial charge in [-0.15, -0.1) is 0 Å². The molecule has 4 atom stereocenters. The Labute approximate surface area is 148 Å². The molecule has 0 spiro atoms. The monoisotopic (exact) mass is 434 g/mol. The lowest BCUT2D eigenvalue weighted by Crippen LogP contribution is -2.34. The van der Waals surface area contributed by atoms with E-state index in [0.29, 0.717) is 5.76 Å². The van der Waals surface area contributed by atoms with Gasteiger partial charge < -0.3 is 23.7 Å². The molecule has 0 bridgehead atoms. The predicted octanol–water partition coefficient (Wildman–Crippen LogP) is 2.53. The van der Waals surface area contributed by atoms with Gasteiger partial charge in [0.1, 0.15) is 24.5 Å². The van der Waals surface area contributed by atoms with E-state index in [-0.39, 0.29) is 18.2 Å². The van der Waals surface area contributed by atoms with Crippen LogP contribution in [0.2, 0.25) is 0 Å². The molecule has 0 unspecified atom stereocenters. The van der Waals surface area contributed by atoms with Gasteiger partial charge in [0.25, 0.3) is 0 Å². The lowest BCUT2D eigenvalue weighted by Gasteiger charge is -2.27. The van der Waals surface area contributed by atoms with Crippen LogP contribution in [0.15, 0.2) is 24.4 Å². The van der Waals surface area contributed by atoms with Crippen molar-refractivity contribution in [2.45, 2.75) is 63.8 Å². The van der Waals surface area contributed by atoms with Gasteiger partial charge >= 0.3 is 0 Å². The second kappa shape index (κ2) is 5.08. The van der Waals surface area contributed by atoms with Crippen LogP contribution >= 0.6 is 22.6 Å². The standard InChI is InChI=1S/C15H19IN2O5/c1-14(2)19-7-9(21-14)11-10(18-6-8(16)5-17-18)12-13(20-11)23-15(3,4)22-12/h5-7,10-13H,1-4H3/t10-,11-,12+,13+/m0/s1. The minimum Gasteiger partial charge on any atom is -0.457 e. The van der Waals surface area contributed by atoms with Crippen LogP contribution in [0, 0.1) is 3.57 Å². The van der Waals surface area contributed by atoms with E-state index in [1.54, 1.807) is 12.5 Å². The summed E-state index contributed by atoms with van der Waals surface area (Å²) in [6.07, 6.45) is 4.27. The zero-order valence-electron chi connectivity index (χ0n) is 13.4. The van der Waals surface area contributed by atoms with E-state index in [1.807, 2.05) is 38.6 Å². The Morgan fingerprint density at radius 2 is 1.96 bits per heavy atom. The van der Waals surface area contributed by atoms with E-state index >= 15 is 0 Å². The van der Waals surface area contributed by atoms with E-state index in [4.69, 9.17) is 23.7 Å². The van der Waals surface area contributed by atoms with E-state index in [9.17, 15) is 0 Å². The first-order chi connectivity index (χ1) is 10.7. The van der Waals surface area contributed by atoms with Crippen LogP contribution in [-0.2, 0) is 23.7 Å². The van der Waals surface area contributed by atoms with Gasteiger partial charge in [0, 0.05) is 20.0 Å². The van der Waals surface area contributed by atoms with Crippen LogP contribution in [-0.4, -0.2) is 39.9 Å². The molecule has 0 radical (unpaired) electrons. The maximum Gasteiger partial charge on any atom is 0.244 e. The Morgan fingerprint density at radius 1 is 1.17 bits per heavy atom. The van der Waals surface area contributed by atoms with Crippen LogP contribution in [0.25, 0.3) is 0 Å². The number of rotatable bonds is 2. The van der Waals surface area contributed by atoms with Crippen molar-refractivity contribution < 1.29 is 23.7 Å². The summed E-state index contributed by atoms with van der Waals surface area (Å²) in [6, 6.07) is -0.186. The van der Waals surface area contributed by atoms with E-state index in [2.05, 4.69) is 27.7 Å². The average Bonchev–Trinajstić information content (AvgIpc) is 3.12. The second-order valence-electron chi connectivity index (χ2n) is 6.79. The third-order valence-corrected chi connectivity index (χ3v) is 4.55. The van der Waals surface area contributed by atoms with Crippen LogP contribution < -0.4 is 0 Å². The summed E-state index contributed by atoms with van der Waals surface area (Å²) in [7, 11) is 0. The van der Waals surface area contributed by atoms with Crippen molar-refractivity contribution in [3.63, 3.8) is 0 Å². The number of fused-ring (bicyclic) bond motifs is 1. The highest BCUT2D eigenvalue weighted by molar-refractivity contribution is 14.1. The van der Waals surface area contributed by atoms with Crippen LogP contribution in [0.5, 0.6) is 0 Å². The third kappa shape index (κ3) is 2.75. The van der Waals surface area contributed by atoms with Gasteiger partial charge in [0.2, 0.25) is 5.79 Å². The largest absolute Gasteiger partial charge is 0.457 e. The molecule has 7 nitrogen and oxygen atoms in total. The van der Waals surface area contributed by atoms with E-state index in [0.717, 1.165) is 3.57 Å². The average molecular weight is 434 g/mol. The van der Waals surface area contributed by atoms with Crippen molar-refractivity contribution in [1.29, 1.82) is 0 Å². The van der Waals surface area contributed by atoms with E-state index in [1.165, 1.54) is 0 Å². The summed E-state index contributed by atoms with van der Waals surface area (Å²) < 4.78 is 32.3. The van der Waals surface area contributed by atoms with Crippen molar-refractivity contribution >= 4 is 22.6 Å². The van der Waals surface area contributed by atoms with Crippen molar-refractivity contribution in [3.8, 4) is 0 Å². The van der Waals surface area contributed by atoms with Crippen molar-refractivity contribution in [2.24, 2.45) is 0 Å². The van der Waals surface area contributed by atoms with Crippen LogP contribution in [0.1, 0.15) is 33.7 Å². The van der Waals surface area contributed by atoms with Gasteiger partial charge in [0.05, 0.1) is 9.77 Å². The molecule has 3 aliphatic heterocycles. The fourth-order valence-corrected chi connectivity index (χ4v) is 3.56. The smallest absolute Gasteiger partial charge is 0.244 e. The van der Waals surface area contributed by atoms with Crippen molar-refractivity contribution in [3.05, 3.63) is 28.0 Å². The molecule has 126 valence electrons. The summed E-state index contributed by atoms with van der Waals surface area (Å²) in [5.74, 6) is -0.745. The molecule has 0 aromatic carbocycles. The Balaban J connectivity index is 1.67. The predicted molar refractivity (Wildman–Crippen MR) is 87.0 cm³/mol. The van der Waals surface area contributed by atoms with Gasteiger partial charge in [-0.05, 0) is 36.4 Å². The molecular weight excluding hydrogens is 415 g/mol. The van der Waals surface area contributed by atoms with Gasteiger partial charge in [0.15, 0.2) is 17.8 Å². The normalized spacial score (nSPS) is 37.2. The summed E-state index contributed by atoms with van der Waals surface area (Å²) in [6.45, 7) is 7.47. The quantitative estimate of drug-likeness (QED) is 0.667. The molecule has 2 saturated heterocycles. The number of aromatic nitrogens is 2. The Hall–Kier alpha value is -0.840. The molecule has 4 heterocycles. The SMILES string of the molecule is CC1(C)OC=C([C@@H]2O[C@@H]3OC(C)(C)O[C@@H]3[C@H]2n2cc(I)cn2)O1. The molecule has 3 aliphatic rings. The first-order valence-corrected chi connectivity index (χ1v) is 8.60. The molecule has 1 aromatic heterocycles. The minimum atomic E-state index is -0.694. The Bertz CT molecular complexity index is 656. The number of ether oxygens (including phenoxy) is 5. The Morgan fingerprint density at radius 3 is 2.57 bits per heavy atom. The summed E-state index contributed by atoms with van der Waals surface area (Å²) in [4.78, 5) is 0.